The zero-order valence-corrected chi connectivity index (χ0v) is 15.0. The minimum Gasteiger partial charge on any atom is -0.492 e. The Balaban J connectivity index is 2.09. The number of anilines is 1. The highest BCUT2D eigenvalue weighted by atomic mass is 79.9. The molecule has 0 saturated heterocycles. The minimum atomic E-state index is 0.625. The molecule has 0 bridgehead atoms. The zero-order chi connectivity index (χ0) is 15.2. The highest BCUT2D eigenvalue weighted by Crippen LogP contribution is 2.34. The Hall–Kier alpha value is -1.33. The van der Waals surface area contributed by atoms with Gasteiger partial charge in [0.15, 0.2) is 0 Å². The second kappa shape index (κ2) is 7.61. The largest absolute Gasteiger partial charge is 0.492 e. The van der Waals surface area contributed by atoms with Gasteiger partial charge in [-0.2, -0.15) is 5.10 Å². The van der Waals surface area contributed by atoms with Gasteiger partial charge < -0.3 is 4.74 Å². The van der Waals surface area contributed by atoms with Crippen molar-refractivity contribution in [1.29, 1.82) is 0 Å². The number of aryl methyl sites for hydroxylation is 1. The first-order valence-electron chi connectivity index (χ1n) is 6.57. The fraction of sp³-hybridized carbons (Fsp3) is 0.188. The number of nitrogens with one attached hydrogen (secondary N) is 1. The number of hydrazone groups is 1. The van der Waals surface area contributed by atoms with Gasteiger partial charge in [-0.1, -0.05) is 17.7 Å². The molecule has 0 spiro atoms. The van der Waals surface area contributed by atoms with Crippen molar-refractivity contribution in [3.63, 3.8) is 0 Å². The summed E-state index contributed by atoms with van der Waals surface area (Å²) in [6.07, 6.45) is 1.77. The van der Waals surface area contributed by atoms with Gasteiger partial charge in [0.2, 0.25) is 0 Å². The first kappa shape index (κ1) is 16.0. The van der Waals surface area contributed by atoms with E-state index in [1.165, 1.54) is 5.56 Å². The molecule has 0 amide bonds. The molecule has 1 N–H and O–H groups in total. The van der Waals surface area contributed by atoms with E-state index in [9.17, 15) is 0 Å². The van der Waals surface area contributed by atoms with Crippen LogP contribution in [-0.4, -0.2) is 12.8 Å². The van der Waals surface area contributed by atoms with Crippen molar-refractivity contribution in [2.75, 3.05) is 12.0 Å². The third-order valence-electron chi connectivity index (χ3n) is 2.77. The quantitative estimate of drug-likeness (QED) is 0.530. The molecule has 2 rings (SSSR count). The van der Waals surface area contributed by atoms with Crippen LogP contribution in [0.15, 0.2) is 50.4 Å². The second-order valence-electron chi connectivity index (χ2n) is 4.48. The van der Waals surface area contributed by atoms with Crippen LogP contribution in [0.2, 0.25) is 0 Å². The number of hydrogen-bond acceptors (Lipinski definition) is 3. The Morgan fingerprint density at radius 3 is 2.33 bits per heavy atom. The average molecular weight is 412 g/mol. The molecular weight excluding hydrogens is 396 g/mol. The van der Waals surface area contributed by atoms with Gasteiger partial charge in [0.25, 0.3) is 0 Å². The summed E-state index contributed by atoms with van der Waals surface area (Å²) in [5, 5.41) is 4.24. The van der Waals surface area contributed by atoms with Gasteiger partial charge in [-0.25, -0.2) is 0 Å². The smallest absolute Gasteiger partial charge is 0.147 e. The second-order valence-corrected chi connectivity index (χ2v) is 6.19. The fourth-order valence-electron chi connectivity index (χ4n) is 1.75. The number of nitrogens with zero attached hydrogens (tertiary/aromatic N) is 1. The Kier molecular flexibility index (Phi) is 5.82. The predicted octanol–water partition coefficient (Wildman–Crippen LogP) is 5.36. The lowest BCUT2D eigenvalue weighted by atomic mass is 10.2. The molecule has 5 heteroatoms. The minimum absolute atomic E-state index is 0.625. The highest BCUT2D eigenvalue weighted by molar-refractivity contribution is 9.11. The van der Waals surface area contributed by atoms with Gasteiger partial charge in [-0.15, -0.1) is 0 Å². The maximum absolute atomic E-state index is 5.55. The van der Waals surface area contributed by atoms with Gasteiger partial charge in [0.1, 0.15) is 5.75 Å². The van der Waals surface area contributed by atoms with Crippen molar-refractivity contribution < 1.29 is 4.74 Å². The first-order valence-corrected chi connectivity index (χ1v) is 8.16. The van der Waals surface area contributed by atoms with Crippen molar-refractivity contribution in [1.82, 2.24) is 0 Å². The molecular formula is C16H16Br2N2O. The van der Waals surface area contributed by atoms with Crippen molar-refractivity contribution in [3.8, 4) is 5.75 Å². The van der Waals surface area contributed by atoms with Crippen molar-refractivity contribution in [2.24, 2.45) is 5.10 Å². The summed E-state index contributed by atoms with van der Waals surface area (Å²) in [7, 11) is 0. The van der Waals surface area contributed by atoms with Crippen LogP contribution in [0.4, 0.5) is 5.69 Å². The molecule has 0 aliphatic rings. The molecule has 0 aliphatic carbocycles. The summed E-state index contributed by atoms with van der Waals surface area (Å²) >= 11 is 7.01. The van der Waals surface area contributed by atoms with Crippen LogP contribution >= 0.6 is 31.9 Å². The average Bonchev–Trinajstić information content (AvgIpc) is 2.45. The first-order chi connectivity index (χ1) is 10.1. The van der Waals surface area contributed by atoms with E-state index in [1.807, 2.05) is 43.3 Å². The molecule has 110 valence electrons. The van der Waals surface area contributed by atoms with Gasteiger partial charge >= 0.3 is 0 Å². The third-order valence-corrected chi connectivity index (χ3v) is 3.95. The van der Waals surface area contributed by atoms with Gasteiger partial charge in [-0.3, -0.25) is 5.43 Å². The molecule has 0 unspecified atom stereocenters. The molecule has 0 saturated carbocycles. The van der Waals surface area contributed by atoms with Gasteiger partial charge in [0.05, 0.1) is 27.5 Å². The number of benzene rings is 2. The molecule has 0 radical (unpaired) electrons. The Bertz CT molecular complexity index is 616. The van der Waals surface area contributed by atoms with Gasteiger partial charge in [0, 0.05) is 0 Å². The van der Waals surface area contributed by atoms with Crippen molar-refractivity contribution >= 4 is 43.8 Å². The van der Waals surface area contributed by atoms with E-state index in [2.05, 4.69) is 49.3 Å². The van der Waals surface area contributed by atoms with E-state index >= 15 is 0 Å². The molecule has 0 aliphatic heterocycles. The highest BCUT2D eigenvalue weighted by Gasteiger charge is 2.07. The monoisotopic (exact) mass is 410 g/mol. The Morgan fingerprint density at radius 1 is 1.14 bits per heavy atom. The Morgan fingerprint density at radius 2 is 1.76 bits per heavy atom. The topological polar surface area (TPSA) is 33.6 Å². The van der Waals surface area contributed by atoms with E-state index in [1.54, 1.807) is 6.21 Å². The van der Waals surface area contributed by atoms with Crippen LogP contribution in [0.25, 0.3) is 0 Å². The molecule has 2 aromatic carbocycles. The summed E-state index contributed by atoms with van der Waals surface area (Å²) in [6, 6.07) is 12.0. The van der Waals surface area contributed by atoms with Crippen molar-refractivity contribution in [3.05, 3.63) is 56.5 Å². The summed E-state index contributed by atoms with van der Waals surface area (Å²) < 4.78 is 7.35. The van der Waals surface area contributed by atoms with Crippen LogP contribution < -0.4 is 10.2 Å². The predicted molar refractivity (Wildman–Crippen MR) is 95.4 cm³/mol. The third kappa shape index (κ3) is 4.58. The van der Waals surface area contributed by atoms with Crippen LogP contribution in [0.3, 0.4) is 0 Å². The van der Waals surface area contributed by atoms with Gasteiger partial charge in [-0.05, 0) is 75.5 Å². The van der Waals surface area contributed by atoms with Crippen molar-refractivity contribution in [2.45, 2.75) is 13.8 Å². The number of ether oxygens (including phenoxy) is 1. The normalized spacial score (nSPS) is 10.9. The maximum atomic E-state index is 5.55. The van der Waals surface area contributed by atoms with E-state index < -0.39 is 0 Å². The maximum Gasteiger partial charge on any atom is 0.147 e. The molecule has 0 atom stereocenters. The van der Waals surface area contributed by atoms with Crippen LogP contribution in [0.1, 0.15) is 18.1 Å². The van der Waals surface area contributed by atoms with Crippen LogP contribution in [0, 0.1) is 6.92 Å². The summed E-state index contributed by atoms with van der Waals surface area (Å²) in [5.74, 6) is 0.807. The molecule has 0 aromatic heterocycles. The lowest BCUT2D eigenvalue weighted by Crippen LogP contribution is -1.96. The standard InChI is InChI=1S/C16H16Br2N2O/c1-3-21-16-14(17)8-12(9-15(16)18)10-19-20-13-6-4-11(2)5-7-13/h4-10,20H,3H2,1-2H3/b19-10+. The molecule has 21 heavy (non-hydrogen) atoms. The van der Waals surface area contributed by atoms with Crippen LogP contribution in [-0.2, 0) is 0 Å². The summed E-state index contributed by atoms with van der Waals surface area (Å²) in [6.45, 7) is 4.64. The summed E-state index contributed by atoms with van der Waals surface area (Å²) in [5.41, 5.74) is 6.16. The fourth-order valence-corrected chi connectivity index (χ4v) is 3.20. The van der Waals surface area contributed by atoms with Crippen LogP contribution in [0.5, 0.6) is 5.75 Å². The SMILES string of the molecule is CCOc1c(Br)cc(/C=N/Nc2ccc(C)cc2)cc1Br. The molecule has 0 fully saturated rings. The van der Waals surface area contributed by atoms with E-state index in [-0.39, 0.29) is 0 Å². The molecule has 3 nitrogen and oxygen atoms in total. The number of rotatable bonds is 5. The zero-order valence-electron chi connectivity index (χ0n) is 11.9. The lowest BCUT2D eigenvalue weighted by molar-refractivity contribution is 0.336. The number of halogens is 2. The van der Waals surface area contributed by atoms with E-state index in [4.69, 9.17) is 4.74 Å². The number of hydrogen-bond donors (Lipinski definition) is 1. The lowest BCUT2D eigenvalue weighted by Gasteiger charge is -2.09. The van der Waals surface area contributed by atoms with E-state index in [0.717, 1.165) is 25.9 Å². The summed E-state index contributed by atoms with van der Waals surface area (Å²) in [4.78, 5) is 0. The molecule has 0 heterocycles. The Labute approximate surface area is 141 Å². The molecule has 2 aromatic rings. The van der Waals surface area contributed by atoms with E-state index in [0.29, 0.717) is 6.61 Å².